The zero-order valence-electron chi connectivity index (χ0n) is 39.3. The minimum Gasteiger partial charge on any atom is -0.462 e. The molecule has 0 saturated carbocycles. The van der Waals surface area contributed by atoms with Gasteiger partial charge in [-0.05, 0) is 44.9 Å². The molecule has 0 aliphatic carbocycles. The van der Waals surface area contributed by atoms with Gasteiger partial charge in [-0.3, -0.25) is 23.4 Å². The Morgan fingerprint density at radius 3 is 1.26 bits per heavy atom. The quantitative estimate of drug-likeness (QED) is 0.0197. The molecule has 11 nitrogen and oxygen atoms in total. The summed E-state index contributed by atoms with van der Waals surface area (Å²) in [5, 5.41) is 9.72. The molecule has 3 unspecified atom stereocenters. The fourth-order valence-electron chi connectivity index (χ4n) is 6.55. The summed E-state index contributed by atoms with van der Waals surface area (Å²) in [6.07, 6.45) is 44.0. The Morgan fingerprint density at radius 2 is 0.839 bits per heavy atom. The molecule has 0 rings (SSSR count). The molecule has 0 aromatic heterocycles. The normalized spacial score (nSPS) is 14.0. The Balaban J connectivity index is 4.83. The third-order valence-corrected chi connectivity index (χ3v) is 11.2. The molecule has 360 valence electrons. The van der Waals surface area contributed by atoms with E-state index >= 15 is 0 Å². The largest absolute Gasteiger partial charge is 0.472 e. The third kappa shape index (κ3) is 42.7. The van der Waals surface area contributed by atoms with Gasteiger partial charge in [0.1, 0.15) is 12.7 Å². The van der Waals surface area contributed by atoms with Crippen molar-refractivity contribution in [2.45, 2.75) is 226 Å². The first-order valence-corrected chi connectivity index (χ1v) is 26.0. The summed E-state index contributed by atoms with van der Waals surface area (Å²) in [4.78, 5) is 48.1. The number of carbonyl (C=O) groups excluding carboxylic acids is 3. The maximum absolute atomic E-state index is 12.8. The number of phosphoric ester groups is 1. The molecule has 2 N–H and O–H groups in total. The molecule has 0 aliphatic heterocycles. The average Bonchev–Trinajstić information content (AvgIpc) is 3.25. The summed E-state index contributed by atoms with van der Waals surface area (Å²) in [6, 6.07) is 0. The van der Waals surface area contributed by atoms with E-state index in [1.165, 1.54) is 89.9 Å². The minimum atomic E-state index is -4.74. The van der Waals surface area contributed by atoms with Crippen molar-refractivity contribution in [1.82, 2.24) is 0 Å². The van der Waals surface area contributed by atoms with E-state index in [2.05, 4.69) is 57.2 Å². The molecule has 0 saturated heterocycles. The second-order valence-corrected chi connectivity index (χ2v) is 17.7. The molecule has 0 aromatic rings. The SMILES string of the molecule is CC/C=C\C/C=C\C/C=C\C/C=C\CCC(=O)OCC(COP(=O)(O)OCC(CO)OC(=O)CCCCCCCCCCC)OC(=O)CCCCCCCCCCCCCCC. The van der Waals surface area contributed by atoms with Crippen LogP contribution in [0.25, 0.3) is 0 Å². The highest BCUT2D eigenvalue weighted by molar-refractivity contribution is 7.47. The molecule has 0 bridgehead atoms. The number of allylic oxidation sites excluding steroid dienone is 8. The number of hydrogen-bond donors (Lipinski definition) is 2. The molecule has 3 atom stereocenters. The predicted molar refractivity (Wildman–Crippen MR) is 252 cm³/mol. The smallest absolute Gasteiger partial charge is 0.462 e. The van der Waals surface area contributed by atoms with E-state index in [9.17, 15) is 28.9 Å². The number of hydrogen-bond acceptors (Lipinski definition) is 10. The van der Waals surface area contributed by atoms with Crippen molar-refractivity contribution in [1.29, 1.82) is 0 Å². The Kier molecular flexibility index (Phi) is 43.2. The van der Waals surface area contributed by atoms with Crippen molar-refractivity contribution in [2.75, 3.05) is 26.4 Å². The van der Waals surface area contributed by atoms with Crippen LogP contribution in [0.5, 0.6) is 0 Å². The molecule has 0 fully saturated rings. The number of rotatable bonds is 45. The van der Waals surface area contributed by atoms with Gasteiger partial charge in [-0.1, -0.05) is 198 Å². The van der Waals surface area contributed by atoms with Gasteiger partial charge in [-0.2, -0.15) is 0 Å². The van der Waals surface area contributed by atoms with Crippen molar-refractivity contribution in [3.63, 3.8) is 0 Å². The highest BCUT2D eigenvalue weighted by atomic mass is 31.2. The van der Waals surface area contributed by atoms with E-state index in [1.807, 2.05) is 12.2 Å². The van der Waals surface area contributed by atoms with E-state index in [-0.39, 0.29) is 25.9 Å². The van der Waals surface area contributed by atoms with Crippen LogP contribution in [0.15, 0.2) is 48.6 Å². The molecule has 62 heavy (non-hydrogen) atoms. The summed E-state index contributed by atoms with van der Waals surface area (Å²) in [5.74, 6) is -1.56. The second-order valence-electron chi connectivity index (χ2n) is 16.3. The molecule has 12 heteroatoms. The molecular formula is C50H89O11P. The fourth-order valence-corrected chi connectivity index (χ4v) is 7.33. The van der Waals surface area contributed by atoms with Crippen molar-refractivity contribution < 1.29 is 52.2 Å². The number of aliphatic hydroxyl groups is 1. The zero-order chi connectivity index (χ0) is 45.6. The van der Waals surface area contributed by atoms with E-state index in [0.29, 0.717) is 19.3 Å². The van der Waals surface area contributed by atoms with Crippen LogP contribution in [0.1, 0.15) is 213 Å². The lowest BCUT2D eigenvalue weighted by atomic mass is 10.0. The van der Waals surface area contributed by atoms with Crippen molar-refractivity contribution >= 4 is 25.7 Å². The van der Waals surface area contributed by atoms with Gasteiger partial charge in [0, 0.05) is 19.3 Å². The van der Waals surface area contributed by atoms with Crippen LogP contribution in [0, 0.1) is 0 Å². The highest BCUT2D eigenvalue weighted by Gasteiger charge is 2.28. The fraction of sp³-hybridized carbons (Fsp3) is 0.780. The summed E-state index contributed by atoms with van der Waals surface area (Å²) < 4.78 is 39.1. The standard InChI is InChI=1S/C50H89O11P/c1-4-7-10-13-16-19-21-23-25-28-30-33-36-39-48(52)57-43-47(61-50(54)41-38-35-32-29-26-24-22-20-17-14-11-8-5-2)45-59-62(55,56)58-44-46(42-51)60-49(53)40-37-34-31-27-18-15-12-9-6-3/h7,10,16,19,23,25,30,33,46-47,51H,4-6,8-9,11-15,17-18,20-22,24,26-29,31-32,34-45H2,1-3H3,(H,55,56)/b10-7-,19-16-,25-23-,33-30-. The zero-order valence-corrected chi connectivity index (χ0v) is 40.2. The lowest BCUT2D eigenvalue weighted by Crippen LogP contribution is -2.30. The number of carbonyl (C=O) groups is 3. The Hall–Kier alpha value is -2.56. The van der Waals surface area contributed by atoms with Crippen LogP contribution in [-0.2, 0) is 42.2 Å². The van der Waals surface area contributed by atoms with Gasteiger partial charge in [0.25, 0.3) is 0 Å². The third-order valence-electron chi connectivity index (χ3n) is 10.3. The molecule has 0 spiro atoms. The van der Waals surface area contributed by atoms with Gasteiger partial charge in [-0.25, -0.2) is 4.57 Å². The summed E-state index contributed by atoms with van der Waals surface area (Å²) in [7, 11) is -4.74. The molecule has 0 aliphatic rings. The van der Waals surface area contributed by atoms with Gasteiger partial charge >= 0.3 is 25.7 Å². The lowest BCUT2D eigenvalue weighted by molar-refractivity contribution is -0.161. The van der Waals surface area contributed by atoms with Crippen LogP contribution in [-0.4, -0.2) is 66.5 Å². The van der Waals surface area contributed by atoms with E-state index in [1.54, 1.807) is 0 Å². The van der Waals surface area contributed by atoms with Gasteiger partial charge in [-0.15, -0.1) is 0 Å². The van der Waals surface area contributed by atoms with Crippen LogP contribution in [0.4, 0.5) is 0 Å². The Morgan fingerprint density at radius 1 is 0.468 bits per heavy atom. The van der Waals surface area contributed by atoms with Crippen LogP contribution in [0.2, 0.25) is 0 Å². The van der Waals surface area contributed by atoms with Crippen molar-refractivity contribution in [2.24, 2.45) is 0 Å². The number of phosphoric acid groups is 1. The monoisotopic (exact) mass is 897 g/mol. The van der Waals surface area contributed by atoms with Gasteiger partial charge < -0.3 is 24.2 Å². The van der Waals surface area contributed by atoms with Gasteiger partial charge in [0.15, 0.2) is 6.10 Å². The number of aliphatic hydroxyl groups excluding tert-OH is 1. The average molecular weight is 897 g/mol. The Labute approximate surface area is 377 Å². The summed E-state index contributed by atoms with van der Waals surface area (Å²) >= 11 is 0. The molecule has 0 radical (unpaired) electrons. The van der Waals surface area contributed by atoms with Crippen LogP contribution in [0.3, 0.4) is 0 Å². The maximum atomic E-state index is 12.8. The molecule has 0 heterocycles. The lowest BCUT2D eigenvalue weighted by Gasteiger charge is -2.21. The molecular weight excluding hydrogens is 808 g/mol. The first-order valence-electron chi connectivity index (χ1n) is 24.5. The maximum Gasteiger partial charge on any atom is 0.472 e. The number of esters is 3. The highest BCUT2D eigenvalue weighted by Crippen LogP contribution is 2.43. The molecule has 0 amide bonds. The van der Waals surface area contributed by atoms with Crippen molar-refractivity contribution in [3.8, 4) is 0 Å². The first kappa shape index (κ1) is 59.4. The van der Waals surface area contributed by atoms with Crippen molar-refractivity contribution in [3.05, 3.63) is 48.6 Å². The van der Waals surface area contributed by atoms with Crippen LogP contribution < -0.4 is 0 Å². The van der Waals surface area contributed by atoms with Crippen LogP contribution >= 0.6 is 7.82 Å². The van der Waals surface area contributed by atoms with Gasteiger partial charge in [0.05, 0.1) is 19.8 Å². The second kappa shape index (κ2) is 45.0. The summed E-state index contributed by atoms with van der Waals surface area (Å²) in [5.41, 5.74) is 0. The van der Waals surface area contributed by atoms with E-state index in [4.69, 9.17) is 23.3 Å². The number of ether oxygens (including phenoxy) is 3. The number of unbranched alkanes of at least 4 members (excludes halogenated alkanes) is 20. The first-order chi connectivity index (χ1) is 30.2. The van der Waals surface area contributed by atoms with Gasteiger partial charge in [0.2, 0.25) is 0 Å². The predicted octanol–water partition coefficient (Wildman–Crippen LogP) is 13.5. The summed E-state index contributed by atoms with van der Waals surface area (Å²) in [6.45, 7) is 4.41. The molecule has 0 aromatic carbocycles. The van der Waals surface area contributed by atoms with E-state index in [0.717, 1.165) is 64.2 Å². The topological polar surface area (TPSA) is 155 Å². The Bertz CT molecular complexity index is 1230. The minimum absolute atomic E-state index is 0.108. The van der Waals surface area contributed by atoms with E-state index < -0.39 is 57.8 Å².